The van der Waals surface area contributed by atoms with Gasteiger partial charge in [0.25, 0.3) is 0 Å². The predicted molar refractivity (Wildman–Crippen MR) is 71.5 cm³/mol. The molecule has 0 aliphatic rings. The van der Waals surface area contributed by atoms with Crippen LogP contribution >= 0.6 is 0 Å². The normalized spacial score (nSPS) is 11.2. The molecule has 0 saturated heterocycles. The second-order valence-corrected chi connectivity index (χ2v) is 4.30. The Kier molecular flexibility index (Phi) is 4.67. The summed E-state index contributed by atoms with van der Waals surface area (Å²) >= 11 is 0. The maximum Gasteiger partial charge on any atom is 0.417 e. The van der Waals surface area contributed by atoms with Crippen molar-refractivity contribution in [1.29, 1.82) is 0 Å². The summed E-state index contributed by atoms with van der Waals surface area (Å²) in [7, 11) is 0. The van der Waals surface area contributed by atoms with Gasteiger partial charge in [0.05, 0.1) is 12.2 Å². The quantitative estimate of drug-likeness (QED) is 0.803. The third kappa shape index (κ3) is 4.37. The molecule has 0 spiro atoms. The van der Waals surface area contributed by atoms with Crippen molar-refractivity contribution in [2.75, 3.05) is 6.61 Å². The van der Waals surface area contributed by atoms with E-state index in [1.165, 1.54) is 6.07 Å². The van der Waals surface area contributed by atoms with E-state index in [9.17, 15) is 13.2 Å². The molecule has 1 aromatic heterocycles. The Bertz CT molecular complexity index is 565. The summed E-state index contributed by atoms with van der Waals surface area (Å²) in [5.41, 5.74) is -0.807. The molecule has 0 amide bonds. The van der Waals surface area contributed by atoms with Gasteiger partial charge in [-0.1, -0.05) is 6.92 Å². The summed E-state index contributed by atoms with van der Waals surface area (Å²) in [5, 5.41) is 0. The zero-order valence-corrected chi connectivity index (χ0v) is 11.4. The predicted octanol–water partition coefficient (Wildman–Crippen LogP) is 4.68. The van der Waals surface area contributed by atoms with Gasteiger partial charge in [0.2, 0.25) is 5.88 Å². The number of nitrogens with zero attached hydrogens (tertiary/aromatic N) is 1. The lowest BCUT2D eigenvalue weighted by Gasteiger charge is -2.09. The summed E-state index contributed by atoms with van der Waals surface area (Å²) in [6, 6.07) is 8.92. The summed E-state index contributed by atoms with van der Waals surface area (Å²) in [6.45, 7) is 2.63. The van der Waals surface area contributed by atoms with Crippen molar-refractivity contribution in [2.45, 2.75) is 19.5 Å². The molecule has 0 aliphatic carbocycles. The first-order valence-corrected chi connectivity index (χ1v) is 6.43. The summed E-state index contributed by atoms with van der Waals surface area (Å²) in [5.74, 6) is 1.29. The van der Waals surface area contributed by atoms with Gasteiger partial charge in [-0.05, 0) is 36.8 Å². The van der Waals surface area contributed by atoms with Gasteiger partial charge in [-0.15, -0.1) is 0 Å². The van der Waals surface area contributed by atoms with Crippen LogP contribution in [0.2, 0.25) is 0 Å². The van der Waals surface area contributed by atoms with Crippen molar-refractivity contribution in [3.05, 3.63) is 48.2 Å². The van der Waals surface area contributed by atoms with Crippen molar-refractivity contribution < 1.29 is 22.6 Å². The highest BCUT2D eigenvalue weighted by molar-refractivity contribution is 5.34. The average molecular weight is 297 g/mol. The van der Waals surface area contributed by atoms with Crippen LogP contribution in [0.4, 0.5) is 13.2 Å². The van der Waals surface area contributed by atoms with Crippen LogP contribution in [0.1, 0.15) is 18.9 Å². The molecule has 0 fully saturated rings. The van der Waals surface area contributed by atoms with Crippen molar-refractivity contribution in [1.82, 2.24) is 4.98 Å². The SMILES string of the molecule is CCCOc1ccc(Oc2ccc(C(F)(F)F)cn2)cc1. The fraction of sp³-hybridized carbons (Fsp3) is 0.267. The molecule has 1 heterocycles. The molecule has 3 nitrogen and oxygen atoms in total. The number of hydrogen-bond donors (Lipinski definition) is 0. The minimum Gasteiger partial charge on any atom is -0.494 e. The van der Waals surface area contributed by atoms with Crippen LogP contribution in [-0.4, -0.2) is 11.6 Å². The van der Waals surface area contributed by atoms with Gasteiger partial charge in [0, 0.05) is 12.3 Å². The smallest absolute Gasteiger partial charge is 0.417 e. The van der Waals surface area contributed by atoms with Crippen LogP contribution in [0.25, 0.3) is 0 Å². The Morgan fingerprint density at radius 1 is 1.00 bits per heavy atom. The molecule has 0 radical (unpaired) electrons. The first kappa shape index (κ1) is 15.2. The molecule has 2 aromatic rings. The lowest BCUT2D eigenvalue weighted by Crippen LogP contribution is -2.05. The molecule has 6 heteroatoms. The number of pyridine rings is 1. The molecule has 2 rings (SSSR count). The van der Waals surface area contributed by atoms with Crippen LogP contribution in [0, 0.1) is 0 Å². The van der Waals surface area contributed by atoms with Gasteiger partial charge >= 0.3 is 6.18 Å². The van der Waals surface area contributed by atoms with Crippen LogP contribution in [0.3, 0.4) is 0 Å². The van der Waals surface area contributed by atoms with E-state index in [4.69, 9.17) is 9.47 Å². The number of aromatic nitrogens is 1. The highest BCUT2D eigenvalue weighted by Crippen LogP contribution is 2.30. The van der Waals surface area contributed by atoms with Crippen LogP contribution in [0.15, 0.2) is 42.6 Å². The maximum atomic E-state index is 12.4. The van der Waals surface area contributed by atoms with E-state index in [-0.39, 0.29) is 5.88 Å². The van der Waals surface area contributed by atoms with Gasteiger partial charge < -0.3 is 9.47 Å². The third-order valence-corrected chi connectivity index (χ3v) is 2.58. The molecular weight excluding hydrogens is 283 g/mol. The largest absolute Gasteiger partial charge is 0.494 e. The fourth-order valence-electron chi connectivity index (χ4n) is 1.55. The van der Waals surface area contributed by atoms with E-state index >= 15 is 0 Å². The lowest BCUT2D eigenvalue weighted by molar-refractivity contribution is -0.137. The zero-order valence-electron chi connectivity index (χ0n) is 11.4. The van der Waals surface area contributed by atoms with Gasteiger partial charge in [0.15, 0.2) is 0 Å². The zero-order chi connectivity index (χ0) is 15.3. The average Bonchev–Trinajstić information content (AvgIpc) is 2.46. The Morgan fingerprint density at radius 3 is 2.19 bits per heavy atom. The van der Waals surface area contributed by atoms with Crippen molar-refractivity contribution in [3.63, 3.8) is 0 Å². The van der Waals surface area contributed by atoms with E-state index in [0.29, 0.717) is 18.1 Å². The topological polar surface area (TPSA) is 31.4 Å². The molecule has 0 unspecified atom stereocenters. The molecule has 0 saturated carbocycles. The number of rotatable bonds is 5. The van der Waals surface area contributed by atoms with Crippen LogP contribution < -0.4 is 9.47 Å². The summed E-state index contributed by atoms with van der Waals surface area (Å²) in [4.78, 5) is 3.64. The Labute approximate surface area is 120 Å². The third-order valence-electron chi connectivity index (χ3n) is 2.58. The molecule has 0 N–H and O–H groups in total. The standard InChI is InChI=1S/C15H14F3NO2/c1-2-9-20-12-4-6-13(7-5-12)21-14-8-3-11(10-19-14)15(16,17)18/h3-8,10H,2,9H2,1H3. The molecule has 0 atom stereocenters. The molecule has 0 bridgehead atoms. The number of hydrogen-bond acceptors (Lipinski definition) is 3. The van der Waals surface area contributed by atoms with E-state index < -0.39 is 11.7 Å². The van der Waals surface area contributed by atoms with E-state index in [1.54, 1.807) is 24.3 Å². The highest BCUT2D eigenvalue weighted by atomic mass is 19.4. The highest BCUT2D eigenvalue weighted by Gasteiger charge is 2.30. The lowest BCUT2D eigenvalue weighted by atomic mass is 10.3. The van der Waals surface area contributed by atoms with Crippen molar-refractivity contribution in [2.24, 2.45) is 0 Å². The van der Waals surface area contributed by atoms with Gasteiger partial charge in [-0.2, -0.15) is 13.2 Å². The minimum atomic E-state index is -4.40. The van der Waals surface area contributed by atoms with Crippen molar-refractivity contribution in [3.8, 4) is 17.4 Å². The van der Waals surface area contributed by atoms with Gasteiger partial charge in [-0.25, -0.2) is 4.98 Å². The second-order valence-electron chi connectivity index (χ2n) is 4.30. The van der Waals surface area contributed by atoms with E-state index in [0.717, 1.165) is 18.7 Å². The number of ether oxygens (including phenoxy) is 2. The molecule has 21 heavy (non-hydrogen) atoms. The summed E-state index contributed by atoms with van der Waals surface area (Å²) < 4.78 is 48.0. The van der Waals surface area contributed by atoms with Gasteiger partial charge in [-0.3, -0.25) is 0 Å². The maximum absolute atomic E-state index is 12.4. The number of halogens is 3. The summed E-state index contributed by atoms with van der Waals surface area (Å²) in [6.07, 6.45) is -2.74. The molecule has 0 aliphatic heterocycles. The van der Waals surface area contributed by atoms with Crippen molar-refractivity contribution >= 4 is 0 Å². The van der Waals surface area contributed by atoms with Crippen LogP contribution in [0.5, 0.6) is 17.4 Å². The molecule has 1 aromatic carbocycles. The first-order chi connectivity index (χ1) is 9.99. The van der Waals surface area contributed by atoms with Crippen LogP contribution in [-0.2, 0) is 6.18 Å². The molecule has 112 valence electrons. The van der Waals surface area contributed by atoms with Gasteiger partial charge in [0.1, 0.15) is 11.5 Å². The van der Waals surface area contributed by atoms with E-state index in [1.807, 2.05) is 6.92 Å². The number of benzene rings is 1. The first-order valence-electron chi connectivity index (χ1n) is 6.43. The Morgan fingerprint density at radius 2 is 1.67 bits per heavy atom. The Balaban J connectivity index is 2.01. The van der Waals surface area contributed by atoms with E-state index in [2.05, 4.69) is 4.98 Å². The minimum absolute atomic E-state index is 0.102. The Hall–Kier alpha value is -2.24. The number of alkyl halides is 3. The molecular formula is C15H14F3NO2. The monoisotopic (exact) mass is 297 g/mol. The second kappa shape index (κ2) is 6.47. The fourth-order valence-corrected chi connectivity index (χ4v) is 1.55.